The summed E-state index contributed by atoms with van der Waals surface area (Å²) in [6.07, 6.45) is 0.675. The summed E-state index contributed by atoms with van der Waals surface area (Å²) < 4.78 is 0. The van der Waals surface area contributed by atoms with E-state index in [4.69, 9.17) is 0 Å². The molecule has 2 atom stereocenters. The molecule has 0 aromatic carbocycles. The summed E-state index contributed by atoms with van der Waals surface area (Å²) in [5.41, 5.74) is 0. The van der Waals surface area contributed by atoms with E-state index in [2.05, 4.69) is 19.2 Å². The average molecular weight is 157 g/mol. The van der Waals surface area contributed by atoms with Gasteiger partial charge in [0, 0.05) is 0 Å². The van der Waals surface area contributed by atoms with Gasteiger partial charge in [-0.25, -0.2) is 0 Å². The van der Waals surface area contributed by atoms with Crippen LogP contribution in [0.1, 0.15) is 26.7 Å². The molecule has 1 fully saturated rings. The fourth-order valence-electron chi connectivity index (χ4n) is 1.42. The SMILES string of the molecule is CC(C)C[C@@H]1NC(=O)CC1O. The summed E-state index contributed by atoms with van der Waals surface area (Å²) >= 11 is 0. The predicted octanol–water partition coefficient (Wildman–Crippen LogP) is 0.282. The lowest BCUT2D eigenvalue weighted by Crippen LogP contribution is -2.32. The number of hydrogen-bond donors (Lipinski definition) is 2. The van der Waals surface area contributed by atoms with Crippen LogP contribution in [0.4, 0.5) is 0 Å². The number of aliphatic hydroxyl groups is 1. The number of rotatable bonds is 2. The van der Waals surface area contributed by atoms with Crippen LogP contribution in [-0.2, 0) is 4.79 Å². The fourth-order valence-corrected chi connectivity index (χ4v) is 1.42. The summed E-state index contributed by atoms with van der Waals surface area (Å²) in [5, 5.41) is 12.1. The van der Waals surface area contributed by atoms with E-state index in [1.807, 2.05) is 0 Å². The normalized spacial score (nSPS) is 31.1. The Labute approximate surface area is 66.8 Å². The molecule has 0 bridgehead atoms. The van der Waals surface area contributed by atoms with E-state index in [-0.39, 0.29) is 18.4 Å². The van der Waals surface area contributed by atoms with Gasteiger partial charge in [0.25, 0.3) is 0 Å². The number of nitrogens with one attached hydrogen (secondary N) is 1. The van der Waals surface area contributed by atoms with Gasteiger partial charge in [0.2, 0.25) is 5.91 Å². The van der Waals surface area contributed by atoms with Gasteiger partial charge < -0.3 is 10.4 Å². The van der Waals surface area contributed by atoms with Crippen molar-refractivity contribution in [3.8, 4) is 0 Å². The molecule has 0 radical (unpaired) electrons. The van der Waals surface area contributed by atoms with Gasteiger partial charge in [-0.3, -0.25) is 4.79 Å². The molecule has 0 spiro atoms. The highest BCUT2D eigenvalue weighted by Gasteiger charge is 2.30. The minimum atomic E-state index is -0.468. The molecule has 3 nitrogen and oxygen atoms in total. The Morgan fingerprint density at radius 1 is 1.73 bits per heavy atom. The Morgan fingerprint density at radius 3 is 2.73 bits per heavy atom. The second-order valence-corrected chi connectivity index (χ2v) is 3.58. The molecule has 1 aliphatic heterocycles. The van der Waals surface area contributed by atoms with Crippen LogP contribution in [0, 0.1) is 5.92 Å². The van der Waals surface area contributed by atoms with Gasteiger partial charge in [0.15, 0.2) is 0 Å². The number of carbonyl (C=O) groups excluding carboxylic acids is 1. The molecule has 3 heteroatoms. The van der Waals surface area contributed by atoms with Crippen molar-refractivity contribution in [2.45, 2.75) is 38.8 Å². The van der Waals surface area contributed by atoms with E-state index in [1.54, 1.807) is 0 Å². The fraction of sp³-hybridized carbons (Fsp3) is 0.875. The van der Waals surface area contributed by atoms with Crippen molar-refractivity contribution in [1.82, 2.24) is 5.32 Å². The van der Waals surface area contributed by atoms with Gasteiger partial charge in [-0.1, -0.05) is 13.8 Å². The molecule has 0 aliphatic carbocycles. The molecule has 1 rings (SSSR count). The third kappa shape index (κ3) is 2.19. The van der Waals surface area contributed by atoms with Crippen molar-refractivity contribution >= 4 is 5.91 Å². The maximum absolute atomic E-state index is 10.8. The zero-order valence-corrected chi connectivity index (χ0v) is 7.00. The van der Waals surface area contributed by atoms with Crippen molar-refractivity contribution in [2.24, 2.45) is 5.92 Å². The summed E-state index contributed by atoms with van der Waals surface area (Å²) in [7, 11) is 0. The monoisotopic (exact) mass is 157 g/mol. The van der Waals surface area contributed by atoms with Gasteiger partial charge in [-0.15, -0.1) is 0 Å². The maximum Gasteiger partial charge on any atom is 0.222 e. The van der Waals surface area contributed by atoms with Gasteiger partial charge in [0.1, 0.15) is 0 Å². The van der Waals surface area contributed by atoms with Crippen LogP contribution in [-0.4, -0.2) is 23.2 Å². The molecule has 0 aromatic heterocycles. The number of aliphatic hydroxyl groups excluding tert-OH is 1. The Hall–Kier alpha value is -0.570. The van der Waals surface area contributed by atoms with Gasteiger partial charge in [-0.2, -0.15) is 0 Å². The second kappa shape index (κ2) is 3.22. The van der Waals surface area contributed by atoms with E-state index < -0.39 is 6.10 Å². The van der Waals surface area contributed by atoms with Gasteiger partial charge >= 0.3 is 0 Å². The minimum absolute atomic E-state index is 0.0116. The second-order valence-electron chi connectivity index (χ2n) is 3.58. The van der Waals surface area contributed by atoms with Crippen LogP contribution in [0.3, 0.4) is 0 Å². The van der Waals surface area contributed by atoms with Gasteiger partial charge in [-0.05, 0) is 12.3 Å². The van der Waals surface area contributed by atoms with E-state index in [9.17, 15) is 9.90 Å². The third-order valence-electron chi connectivity index (χ3n) is 1.93. The molecule has 64 valence electrons. The lowest BCUT2D eigenvalue weighted by atomic mass is 10.0. The van der Waals surface area contributed by atoms with E-state index in [0.717, 1.165) is 6.42 Å². The molecule has 1 aliphatic rings. The quantitative estimate of drug-likeness (QED) is 0.605. The molecule has 11 heavy (non-hydrogen) atoms. The van der Waals surface area contributed by atoms with Crippen molar-refractivity contribution in [3.05, 3.63) is 0 Å². The number of hydrogen-bond acceptors (Lipinski definition) is 2. The van der Waals surface area contributed by atoms with Gasteiger partial charge in [0.05, 0.1) is 18.6 Å². The lowest BCUT2D eigenvalue weighted by molar-refractivity contribution is -0.119. The Bertz CT molecular complexity index is 156. The Kier molecular flexibility index (Phi) is 2.49. The first-order chi connectivity index (χ1) is 5.09. The first kappa shape index (κ1) is 8.53. The lowest BCUT2D eigenvalue weighted by Gasteiger charge is -2.15. The van der Waals surface area contributed by atoms with Crippen LogP contribution < -0.4 is 5.32 Å². The largest absolute Gasteiger partial charge is 0.390 e. The zero-order chi connectivity index (χ0) is 8.43. The van der Waals surface area contributed by atoms with E-state index >= 15 is 0 Å². The average Bonchev–Trinajstić information content (AvgIpc) is 2.09. The highest BCUT2D eigenvalue weighted by atomic mass is 16.3. The molecule has 0 saturated carbocycles. The predicted molar refractivity (Wildman–Crippen MR) is 42.0 cm³/mol. The summed E-state index contributed by atoms with van der Waals surface area (Å²) in [5.74, 6) is 0.496. The van der Waals surface area contributed by atoms with Crippen molar-refractivity contribution in [3.63, 3.8) is 0 Å². The molecule has 1 amide bonds. The van der Waals surface area contributed by atoms with Crippen molar-refractivity contribution < 1.29 is 9.90 Å². The topological polar surface area (TPSA) is 49.3 Å². The number of carbonyl (C=O) groups is 1. The number of amides is 1. The first-order valence-corrected chi connectivity index (χ1v) is 4.07. The zero-order valence-electron chi connectivity index (χ0n) is 7.00. The van der Waals surface area contributed by atoms with Crippen LogP contribution in [0.25, 0.3) is 0 Å². The molecule has 1 saturated heterocycles. The standard InChI is InChI=1S/C8H15NO2/c1-5(2)3-6-7(10)4-8(11)9-6/h5-7,10H,3-4H2,1-2H3,(H,9,11)/t6-,7?/m0/s1. The molecule has 1 unspecified atom stereocenters. The van der Waals surface area contributed by atoms with Crippen LogP contribution in [0.5, 0.6) is 0 Å². The smallest absolute Gasteiger partial charge is 0.222 e. The Morgan fingerprint density at radius 2 is 2.36 bits per heavy atom. The maximum atomic E-state index is 10.8. The summed E-state index contributed by atoms with van der Waals surface area (Å²) in [4.78, 5) is 10.8. The molecule has 1 heterocycles. The molecule has 2 N–H and O–H groups in total. The summed E-state index contributed by atoms with van der Waals surface area (Å²) in [6.45, 7) is 4.16. The highest BCUT2D eigenvalue weighted by Crippen LogP contribution is 2.15. The minimum Gasteiger partial charge on any atom is -0.390 e. The van der Waals surface area contributed by atoms with Crippen LogP contribution in [0.2, 0.25) is 0 Å². The first-order valence-electron chi connectivity index (χ1n) is 4.07. The van der Waals surface area contributed by atoms with Crippen LogP contribution >= 0.6 is 0 Å². The van der Waals surface area contributed by atoms with Crippen molar-refractivity contribution in [2.75, 3.05) is 0 Å². The Balaban J connectivity index is 2.40. The molecular weight excluding hydrogens is 142 g/mol. The van der Waals surface area contributed by atoms with Crippen LogP contribution in [0.15, 0.2) is 0 Å². The molecule has 0 aromatic rings. The molecular formula is C8H15NO2. The van der Waals surface area contributed by atoms with Crippen molar-refractivity contribution in [1.29, 1.82) is 0 Å². The van der Waals surface area contributed by atoms with E-state index in [0.29, 0.717) is 5.92 Å². The van der Waals surface area contributed by atoms with E-state index in [1.165, 1.54) is 0 Å². The third-order valence-corrected chi connectivity index (χ3v) is 1.93. The summed E-state index contributed by atoms with van der Waals surface area (Å²) in [6, 6.07) is -0.0116. The highest BCUT2D eigenvalue weighted by molar-refractivity contribution is 5.79.